The van der Waals surface area contributed by atoms with Crippen LogP contribution in [0.4, 0.5) is 21.5 Å². The first-order valence-corrected chi connectivity index (χ1v) is 10.5. The molecule has 0 unspecified atom stereocenters. The lowest BCUT2D eigenvalue weighted by Crippen LogP contribution is -2.37. The Labute approximate surface area is 197 Å². The fourth-order valence-electron chi connectivity index (χ4n) is 4.42. The summed E-state index contributed by atoms with van der Waals surface area (Å²) in [6.45, 7) is 0. The molecule has 2 heterocycles. The highest BCUT2D eigenvalue weighted by atomic mass is 19.1. The number of non-ortho nitro benzene ring substituents is 1. The van der Waals surface area contributed by atoms with E-state index in [2.05, 4.69) is 0 Å². The van der Waals surface area contributed by atoms with Gasteiger partial charge in [0.1, 0.15) is 11.7 Å². The number of anilines is 2. The lowest BCUT2D eigenvalue weighted by Gasteiger charge is -2.29. The first-order valence-electron chi connectivity index (χ1n) is 10.5. The number of methoxy groups -OCH3 is 1. The Kier molecular flexibility index (Phi) is 5.33. The van der Waals surface area contributed by atoms with Crippen molar-refractivity contribution in [1.82, 2.24) is 0 Å². The van der Waals surface area contributed by atoms with Gasteiger partial charge in [0.25, 0.3) is 11.6 Å². The zero-order valence-electron chi connectivity index (χ0n) is 18.2. The number of nitrogens with zero attached hydrogens (tertiary/aromatic N) is 3. The van der Waals surface area contributed by atoms with E-state index in [4.69, 9.17) is 9.57 Å². The number of phenolic OH excluding ortho intramolecular Hbond substituents is 1. The number of nitro groups is 1. The molecule has 3 aromatic rings. The lowest BCUT2D eigenvalue weighted by atomic mass is 9.90. The summed E-state index contributed by atoms with van der Waals surface area (Å²) in [6, 6.07) is 14.1. The molecular formula is C24H18FN3O7. The number of carbonyl (C=O) groups is 2. The zero-order valence-corrected chi connectivity index (χ0v) is 18.2. The van der Waals surface area contributed by atoms with Crippen molar-refractivity contribution >= 4 is 28.9 Å². The van der Waals surface area contributed by atoms with Crippen LogP contribution in [-0.2, 0) is 14.4 Å². The minimum atomic E-state index is -1.19. The van der Waals surface area contributed by atoms with Crippen molar-refractivity contribution in [3.63, 3.8) is 0 Å². The second-order valence-electron chi connectivity index (χ2n) is 8.02. The number of phenols is 1. The maximum absolute atomic E-state index is 13.5. The van der Waals surface area contributed by atoms with Gasteiger partial charge in [0, 0.05) is 12.1 Å². The minimum Gasteiger partial charge on any atom is -0.504 e. The van der Waals surface area contributed by atoms with Crippen molar-refractivity contribution in [3.05, 3.63) is 88.2 Å². The van der Waals surface area contributed by atoms with Crippen LogP contribution in [0.25, 0.3) is 0 Å². The average Bonchev–Trinajstić information content (AvgIpc) is 3.36. The lowest BCUT2D eigenvalue weighted by molar-refractivity contribution is -0.384. The smallest absolute Gasteiger partial charge is 0.269 e. The Balaban J connectivity index is 1.59. The third-order valence-corrected chi connectivity index (χ3v) is 6.06. The Hall–Kier alpha value is -4.51. The number of halogens is 1. The first-order chi connectivity index (χ1) is 16.8. The first kappa shape index (κ1) is 22.3. The number of hydroxylamine groups is 1. The number of benzene rings is 3. The van der Waals surface area contributed by atoms with E-state index in [1.807, 2.05) is 0 Å². The highest BCUT2D eigenvalue weighted by molar-refractivity contribution is 6.23. The van der Waals surface area contributed by atoms with Gasteiger partial charge in [-0.3, -0.25) is 24.5 Å². The van der Waals surface area contributed by atoms with Gasteiger partial charge in [0.2, 0.25) is 5.91 Å². The van der Waals surface area contributed by atoms with Gasteiger partial charge in [-0.15, -0.1) is 0 Å². The molecule has 0 saturated carbocycles. The molecule has 0 bridgehead atoms. The SMILES string of the molecule is COc1cc([C@H]2[C@H]3C(=O)N(c4ccc(F)cc4)C(=O)[C@H]3ON2c2ccc([N+](=O)[O-])cc2)ccc1O. The normalized spacial score (nSPS) is 21.4. The molecule has 2 aliphatic heterocycles. The molecule has 5 rings (SSSR count). The molecule has 2 saturated heterocycles. The van der Waals surface area contributed by atoms with Gasteiger partial charge in [-0.2, -0.15) is 0 Å². The van der Waals surface area contributed by atoms with Crippen LogP contribution in [-0.4, -0.2) is 35.1 Å². The predicted molar refractivity (Wildman–Crippen MR) is 120 cm³/mol. The number of hydrogen-bond acceptors (Lipinski definition) is 8. The summed E-state index contributed by atoms with van der Waals surface area (Å²) in [7, 11) is 1.38. The number of carbonyl (C=O) groups excluding carboxylic acids is 2. The van der Waals surface area contributed by atoms with E-state index in [1.165, 1.54) is 60.7 Å². The van der Waals surface area contributed by atoms with Gasteiger partial charge in [-0.05, 0) is 54.1 Å². The molecule has 0 spiro atoms. The molecule has 0 aliphatic carbocycles. The van der Waals surface area contributed by atoms with Crippen molar-refractivity contribution in [3.8, 4) is 11.5 Å². The van der Waals surface area contributed by atoms with Crippen molar-refractivity contribution in [2.24, 2.45) is 5.92 Å². The predicted octanol–water partition coefficient (Wildman–Crippen LogP) is 3.50. The van der Waals surface area contributed by atoms with E-state index in [9.17, 15) is 29.2 Å². The molecule has 0 radical (unpaired) electrons. The van der Waals surface area contributed by atoms with Crippen LogP contribution in [0, 0.1) is 21.8 Å². The third-order valence-electron chi connectivity index (χ3n) is 6.06. The summed E-state index contributed by atoms with van der Waals surface area (Å²) < 4.78 is 18.6. The number of rotatable bonds is 5. The van der Waals surface area contributed by atoms with Gasteiger partial charge in [-0.1, -0.05) is 6.07 Å². The summed E-state index contributed by atoms with van der Waals surface area (Å²) in [4.78, 5) is 44.3. The topological polar surface area (TPSA) is 122 Å². The molecule has 10 nitrogen and oxygen atoms in total. The van der Waals surface area contributed by atoms with Crippen LogP contribution >= 0.6 is 0 Å². The van der Waals surface area contributed by atoms with E-state index >= 15 is 0 Å². The largest absolute Gasteiger partial charge is 0.504 e. The molecule has 2 fully saturated rings. The van der Waals surface area contributed by atoms with Crippen LogP contribution in [0.5, 0.6) is 11.5 Å². The molecule has 2 aliphatic rings. The number of imide groups is 1. The second-order valence-corrected chi connectivity index (χ2v) is 8.02. The van der Waals surface area contributed by atoms with Crippen molar-refractivity contribution < 1.29 is 33.6 Å². The number of hydrogen-bond donors (Lipinski definition) is 1. The molecule has 35 heavy (non-hydrogen) atoms. The van der Waals surface area contributed by atoms with Crippen LogP contribution in [0.2, 0.25) is 0 Å². The fourth-order valence-corrected chi connectivity index (χ4v) is 4.42. The molecule has 178 valence electrons. The number of fused-ring (bicyclic) bond motifs is 1. The fraction of sp³-hybridized carbons (Fsp3) is 0.167. The summed E-state index contributed by atoms with van der Waals surface area (Å²) in [5.74, 6) is -2.63. The van der Waals surface area contributed by atoms with Crippen LogP contribution in [0.3, 0.4) is 0 Å². The van der Waals surface area contributed by atoms with E-state index in [0.717, 1.165) is 17.0 Å². The summed E-state index contributed by atoms with van der Waals surface area (Å²) in [6.07, 6.45) is -1.19. The highest BCUT2D eigenvalue weighted by Gasteiger charge is 2.60. The average molecular weight is 479 g/mol. The Bertz CT molecular complexity index is 1330. The maximum atomic E-state index is 13.5. The van der Waals surface area contributed by atoms with Crippen LogP contribution in [0.1, 0.15) is 11.6 Å². The molecular weight excluding hydrogens is 461 g/mol. The number of amides is 2. The molecule has 3 atom stereocenters. The van der Waals surface area contributed by atoms with Crippen molar-refractivity contribution in [2.45, 2.75) is 12.1 Å². The van der Waals surface area contributed by atoms with E-state index in [1.54, 1.807) is 6.07 Å². The van der Waals surface area contributed by atoms with Gasteiger partial charge in [-0.25, -0.2) is 14.4 Å². The Morgan fingerprint density at radius 2 is 1.66 bits per heavy atom. The quantitative estimate of drug-likeness (QED) is 0.335. The number of nitro benzene ring substituents is 1. The summed E-state index contributed by atoms with van der Waals surface area (Å²) in [5.41, 5.74) is 0.970. The van der Waals surface area contributed by atoms with Crippen LogP contribution in [0.15, 0.2) is 66.7 Å². The molecule has 3 aromatic carbocycles. The highest BCUT2D eigenvalue weighted by Crippen LogP contribution is 2.48. The molecule has 2 amide bonds. The molecule has 11 heteroatoms. The van der Waals surface area contributed by atoms with E-state index < -0.39 is 40.6 Å². The monoisotopic (exact) mass is 479 g/mol. The van der Waals surface area contributed by atoms with Gasteiger partial charge in [0.15, 0.2) is 17.6 Å². The molecule has 0 aromatic heterocycles. The summed E-state index contributed by atoms with van der Waals surface area (Å²) >= 11 is 0. The van der Waals surface area contributed by atoms with E-state index in [0.29, 0.717) is 11.3 Å². The van der Waals surface area contributed by atoms with Gasteiger partial charge < -0.3 is 9.84 Å². The zero-order chi connectivity index (χ0) is 24.9. The number of aromatic hydroxyl groups is 1. The standard InChI is InChI=1S/C24H18FN3O7/c1-34-19-12-13(2-11-18(19)29)21-20-22(35-27(21)16-7-9-17(10-8-16)28(32)33)24(31)26(23(20)30)15-5-3-14(25)4-6-15/h2-12,20-22,29H,1H3/t20-,21+,22+/m1/s1. The van der Waals surface area contributed by atoms with Crippen LogP contribution < -0.4 is 14.7 Å². The second kappa shape index (κ2) is 8.37. The van der Waals surface area contributed by atoms with Gasteiger partial charge >= 0.3 is 0 Å². The summed E-state index contributed by atoms with van der Waals surface area (Å²) in [5, 5.41) is 22.5. The van der Waals surface area contributed by atoms with Gasteiger partial charge in [0.05, 0.1) is 29.4 Å². The third kappa shape index (κ3) is 3.62. The van der Waals surface area contributed by atoms with E-state index in [-0.39, 0.29) is 22.9 Å². The van der Waals surface area contributed by atoms with Crippen molar-refractivity contribution in [2.75, 3.05) is 17.1 Å². The Morgan fingerprint density at radius 1 is 1.00 bits per heavy atom. The molecule has 1 N–H and O–H groups in total. The number of ether oxygens (including phenoxy) is 1. The maximum Gasteiger partial charge on any atom is 0.269 e. The Morgan fingerprint density at radius 3 is 2.29 bits per heavy atom. The minimum absolute atomic E-state index is 0.115. The van der Waals surface area contributed by atoms with Crippen molar-refractivity contribution in [1.29, 1.82) is 0 Å².